The van der Waals surface area contributed by atoms with Gasteiger partial charge in [-0.2, -0.15) is 4.98 Å². The summed E-state index contributed by atoms with van der Waals surface area (Å²) in [7, 11) is 1.23. The number of esters is 1. The van der Waals surface area contributed by atoms with E-state index < -0.39 is 22.5 Å². The lowest BCUT2D eigenvalue weighted by Gasteiger charge is -2.29. The first-order valence-electron chi connectivity index (χ1n) is 7.53. The SMILES string of the molecule is COC(=O)C1=C(C)Nc2nc(=O)[nH]c(N)c2C1c1cccc([N+](=O)[O-])c1. The number of rotatable bonds is 3. The van der Waals surface area contributed by atoms with Gasteiger partial charge in [0.1, 0.15) is 11.6 Å². The topological polar surface area (TPSA) is 153 Å². The first kappa shape index (κ1) is 17.1. The van der Waals surface area contributed by atoms with Crippen LogP contribution in [0.3, 0.4) is 0 Å². The number of aromatic amines is 1. The van der Waals surface area contributed by atoms with Crippen molar-refractivity contribution >= 4 is 23.3 Å². The molecule has 26 heavy (non-hydrogen) atoms. The molecule has 0 saturated carbocycles. The highest BCUT2D eigenvalue weighted by Crippen LogP contribution is 2.43. The Morgan fingerprint density at radius 3 is 2.81 bits per heavy atom. The molecule has 10 nitrogen and oxygen atoms in total. The van der Waals surface area contributed by atoms with Crippen LogP contribution in [0.5, 0.6) is 0 Å². The fourth-order valence-electron chi connectivity index (χ4n) is 3.03. The third-order valence-electron chi connectivity index (χ3n) is 4.11. The number of anilines is 2. The van der Waals surface area contributed by atoms with Crippen LogP contribution in [0.4, 0.5) is 17.3 Å². The van der Waals surface area contributed by atoms with Crippen LogP contribution in [-0.2, 0) is 9.53 Å². The summed E-state index contributed by atoms with van der Waals surface area (Å²) in [5, 5.41) is 14.0. The van der Waals surface area contributed by atoms with E-state index in [2.05, 4.69) is 15.3 Å². The lowest BCUT2D eigenvalue weighted by atomic mass is 9.82. The molecule has 1 aromatic heterocycles. The largest absolute Gasteiger partial charge is 0.466 e. The van der Waals surface area contributed by atoms with Crippen LogP contribution >= 0.6 is 0 Å². The van der Waals surface area contributed by atoms with E-state index in [1.54, 1.807) is 13.0 Å². The number of fused-ring (bicyclic) bond motifs is 1. The minimum absolute atomic E-state index is 0.0120. The van der Waals surface area contributed by atoms with E-state index in [0.717, 1.165) is 0 Å². The third kappa shape index (κ3) is 2.77. The van der Waals surface area contributed by atoms with Gasteiger partial charge < -0.3 is 15.8 Å². The fraction of sp³-hybridized carbons (Fsp3) is 0.188. The smallest absolute Gasteiger partial charge is 0.348 e. The number of ether oxygens (including phenoxy) is 1. The molecule has 3 rings (SSSR count). The molecular weight excluding hydrogens is 342 g/mol. The first-order chi connectivity index (χ1) is 12.3. The zero-order valence-corrected chi connectivity index (χ0v) is 13.9. The number of benzene rings is 1. The molecule has 0 radical (unpaired) electrons. The molecular formula is C16H15N5O5. The van der Waals surface area contributed by atoms with Crippen LogP contribution in [0.15, 0.2) is 40.3 Å². The number of H-pyrrole nitrogens is 1. The van der Waals surface area contributed by atoms with E-state index in [4.69, 9.17) is 10.5 Å². The zero-order valence-electron chi connectivity index (χ0n) is 13.9. The summed E-state index contributed by atoms with van der Waals surface area (Å²) in [4.78, 5) is 40.9. The van der Waals surface area contributed by atoms with Crippen molar-refractivity contribution in [1.82, 2.24) is 9.97 Å². The average molecular weight is 357 g/mol. The van der Waals surface area contributed by atoms with Gasteiger partial charge in [0.05, 0.1) is 23.5 Å². The number of nitrogens with zero attached hydrogens (tertiary/aromatic N) is 2. The van der Waals surface area contributed by atoms with E-state index in [-0.39, 0.29) is 22.9 Å². The summed E-state index contributed by atoms with van der Waals surface area (Å²) in [6, 6.07) is 5.83. The average Bonchev–Trinajstić information content (AvgIpc) is 2.59. The third-order valence-corrected chi connectivity index (χ3v) is 4.11. The van der Waals surface area contributed by atoms with Gasteiger partial charge in [-0.15, -0.1) is 0 Å². The summed E-state index contributed by atoms with van der Waals surface area (Å²) < 4.78 is 4.86. The Kier molecular flexibility index (Phi) is 4.16. The molecule has 2 aromatic rings. The number of aromatic nitrogens is 2. The number of nitrogens with one attached hydrogen (secondary N) is 2. The van der Waals surface area contributed by atoms with Gasteiger partial charge in [-0.3, -0.25) is 15.1 Å². The maximum Gasteiger partial charge on any atom is 0.348 e. The highest BCUT2D eigenvalue weighted by atomic mass is 16.6. The van der Waals surface area contributed by atoms with Gasteiger partial charge in [0, 0.05) is 23.4 Å². The number of methoxy groups -OCH3 is 1. The van der Waals surface area contributed by atoms with Crippen LogP contribution in [0.1, 0.15) is 24.0 Å². The standard InChI is InChI=1S/C16H15N5O5/c1-7-10(15(22)26-2)11(8-4-3-5-9(6-8)21(24)25)12-13(17)19-16(23)20-14(12)18-7/h3-6,11H,1-2H3,(H4,17,18,19,20,23). The van der Waals surface area contributed by atoms with Gasteiger partial charge >= 0.3 is 11.7 Å². The van der Waals surface area contributed by atoms with E-state index in [1.165, 1.54) is 25.3 Å². The van der Waals surface area contributed by atoms with Gasteiger partial charge in [0.15, 0.2) is 0 Å². The second kappa shape index (κ2) is 6.31. The molecule has 0 aliphatic carbocycles. The summed E-state index contributed by atoms with van der Waals surface area (Å²) in [5.41, 5.74) is 6.61. The highest BCUT2D eigenvalue weighted by Gasteiger charge is 2.36. The van der Waals surface area contributed by atoms with Crippen LogP contribution in [0, 0.1) is 10.1 Å². The number of hydrogen-bond acceptors (Lipinski definition) is 8. The Hall–Kier alpha value is -3.69. The Morgan fingerprint density at radius 2 is 2.15 bits per heavy atom. The number of nitrogens with two attached hydrogens (primary N) is 1. The van der Waals surface area contributed by atoms with Crippen molar-refractivity contribution in [3.63, 3.8) is 0 Å². The molecule has 0 spiro atoms. The van der Waals surface area contributed by atoms with E-state index >= 15 is 0 Å². The summed E-state index contributed by atoms with van der Waals surface area (Å²) >= 11 is 0. The molecule has 0 amide bonds. The lowest BCUT2D eigenvalue weighted by Crippen LogP contribution is -2.28. The molecule has 0 fully saturated rings. The summed E-state index contributed by atoms with van der Waals surface area (Å²) in [6.07, 6.45) is 0. The number of nitrogen functional groups attached to an aromatic ring is 1. The van der Waals surface area contributed by atoms with Gasteiger partial charge in [0.25, 0.3) is 5.69 Å². The molecule has 2 heterocycles. The Balaban J connectivity index is 2.31. The summed E-state index contributed by atoms with van der Waals surface area (Å²) in [5.74, 6) is -1.21. The van der Waals surface area contributed by atoms with E-state index in [1.807, 2.05) is 0 Å². The molecule has 134 valence electrons. The van der Waals surface area contributed by atoms with Gasteiger partial charge in [-0.1, -0.05) is 12.1 Å². The van der Waals surface area contributed by atoms with Crippen molar-refractivity contribution in [3.05, 3.63) is 67.3 Å². The molecule has 1 aliphatic heterocycles. The summed E-state index contributed by atoms with van der Waals surface area (Å²) in [6.45, 7) is 1.62. The number of hydrogen-bond donors (Lipinski definition) is 3. The number of carbonyl (C=O) groups excluding carboxylic acids is 1. The van der Waals surface area contributed by atoms with E-state index in [9.17, 15) is 19.7 Å². The van der Waals surface area contributed by atoms with Crippen LogP contribution in [0.25, 0.3) is 0 Å². The molecule has 10 heteroatoms. The van der Waals surface area contributed by atoms with Crippen molar-refractivity contribution in [2.45, 2.75) is 12.8 Å². The zero-order chi connectivity index (χ0) is 19.0. The Morgan fingerprint density at radius 1 is 1.42 bits per heavy atom. The Bertz CT molecular complexity index is 1010. The number of non-ortho nitro benzene ring substituents is 1. The lowest BCUT2D eigenvalue weighted by molar-refractivity contribution is -0.384. The molecule has 1 aliphatic rings. The van der Waals surface area contributed by atoms with Crippen LogP contribution in [-0.4, -0.2) is 28.0 Å². The minimum Gasteiger partial charge on any atom is -0.466 e. The molecule has 1 aromatic carbocycles. The minimum atomic E-state index is -0.789. The van der Waals surface area contributed by atoms with Crippen molar-refractivity contribution in [3.8, 4) is 0 Å². The van der Waals surface area contributed by atoms with Crippen molar-refractivity contribution in [2.75, 3.05) is 18.2 Å². The second-order valence-corrected chi connectivity index (χ2v) is 5.66. The van der Waals surface area contributed by atoms with Crippen molar-refractivity contribution < 1.29 is 14.5 Å². The normalized spacial score (nSPS) is 15.8. The van der Waals surface area contributed by atoms with Crippen LogP contribution in [0.2, 0.25) is 0 Å². The van der Waals surface area contributed by atoms with Crippen LogP contribution < -0.4 is 16.7 Å². The fourth-order valence-corrected chi connectivity index (χ4v) is 3.03. The van der Waals surface area contributed by atoms with Gasteiger partial charge in [-0.05, 0) is 12.5 Å². The molecule has 1 unspecified atom stereocenters. The van der Waals surface area contributed by atoms with Crippen molar-refractivity contribution in [1.29, 1.82) is 0 Å². The maximum atomic E-state index is 12.4. The predicted octanol–water partition coefficient (Wildman–Crippen LogP) is 1.26. The quantitative estimate of drug-likeness (QED) is 0.421. The number of carbonyl (C=O) groups is 1. The molecule has 0 saturated heterocycles. The molecule has 4 N–H and O–H groups in total. The number of nitro benzene ring substituents is 1. The van der Waals surface area contributed by atoms with E-state index in [0.29, 0.717) is 16.8 Å². The highest BCUT2D eigenvalue weighted by molar-refractivity contribution is 5.95. The maximum absolute atomic E-state index is 12.4. The molecule has 0 bridgehead atoms. The Labute approximate surface area is 146 Å². The number of nitro groups is 1. The van der Waals surface area contributed by atoms with Gasteiger partial charge in [0.2, 0.25) is 0 Å². The monoisotopic (exact) mass is 357 g/mol. The van der Waals surface area contributed by atoms with Gasteiger partial charge in [-0.25, -0.2) is 9.59 Å². The first-order valence-corrected chi connectivity index (χ1v) is 7.53. The predicted molar refractivity (Wildman–Crippen MR) is 92.5 cm³/mol. The number of allylic oxidation sites excluding steroid dienone is 1. The molecule has 1 atom stereocenters. The van der Waals surface area contributed by atoms with Crippen molar-refractivity contribution in [2.24, 2.45) is 0 Å². The second-order valence-electron chi connectivity index (χ2n) is 5.66.